The van der Waals surface area contributed by atoms with Gasteiger partial charge in [0.15, 0.2) is 0 Å². The Bertz CT molecular complexity index is 238. The predicted octanol–water partition coefficient (Wildman–Crippen LogP) is 1.36. The molecule has 112 valence electrons. The zero-order chi connectivity index (χ0) is 13.5. The minimum atomic E-state index is 0.571. The highest BCUT2D eigenvalue weighted by atomic mass is 16.5. The van der Waals surface area contributed by atoms with Crippen molar-refractivity contribution in [3.05, 3.63) is 0 Å². The lowest BCUT2D eigenvalue weighted by molar-refractivity contribution is 0.0398. The van der Waals surface area contributed by atoms with Crippen molar-refractivity contribution in [1.82, 2.24) is 10.2 Å². The Hall–Kier alpha value is -0.160. The van der Waals surface area contributed by atoms with Gasteiger partial charge in [0.25, 0.3) is 0 Å². The van der Waals surface area contributed by atoms with Crippen LogP contribution in [-0.4, -0.2) is 64.1 Å². The van der Waals surface area contributed by atoms with Crippen LogP contribution in [0.15, 0.2) is 0 Å². The van der Waals surface area contributed by atoms with Crippen molar-refractivity contribution in [3.8, 4) is 0 Å². The minimum Gasteiger partial charge on any atom is -0.381 e. The lowest BCUT2D eigenvalue weighted by atomic mass is 9.97. The van der Waals surface area contributed by atoms with E-state index in [1.807, 2.05) is 0 Å². The summed E-state index contributed by atoms with van der Waals surface area (Å²) in [4.78, 5) is 2.48. The maximum Gasteiger partial charge on any atom is 0.0510 e. The van der Waals surface area contributed by atoms with Gasteiger partial charge >= 0.3 is 0 Å². The molecule has 0 bridgehead atoms. The number of hydrogen-bond donors (Lipinski definition) is 1. The van der Waals surface area contributed by atoms with E-state index in [4.69, 9.17) is 9.47 Å². The molecular weight excluding hydrogens is 240 g/mol. The molecule has 0 aromatic heterocycles. The Labute approximate surface area is 117 Å². The first-order valence-electron chi connectivity index (χ1n) is 7.87. The van der Waals surface area contributed by atoms with Gasteiger partial charge in [0, 0.05) is 38.3 Å². The van der Waals surface area contributed by atoms with Crippen molar-refractivity contribution in [2.45, 2.75) is 32.2 Å². The second-order valence-electron chi connectivity index (χ2n) is 6.09. The van der Waals surface area contributed by atoms with Crippen molar-refractivity contribution >= 4 is 0 Å². The molecule has 3 atom stereocenters. The van der Waals surface area contributed by atoms with Crippen LogP contribution in [0.5, 0.6) is 0 Å². The number of nitrogens with zero attached hydrogens (tertiary/aromatic N) is 1. The molecule has 0 amide bonds. The van der Waals surface area contributed by atoms with E-state index in [1.54, 1.807) is 0 Å². The van der Waals surface area contributed by atoms with E-state index in [0.29, 0.717) is 12.0 Å². The molecule has 2 saturated heterocycles. The van der Waals surface area contributed by atoms with E-state index in [2.05, 4.69) is 24.2 Å². The van der Waals surface area contributed by atoms with Crippen LogP contribution in [0.4, 0.5) is 0 Å². The number of ether oxygens (including phenoxy) is 2. The quantitative estimate of drug-likeness (QED) is 0.757. The van der Waals surface area contributed by atoms with E-state index in [9.17, 15) is 0 Å². The normalized spacial score (nSPS) is 29.8. The van der Waals surface area contributed by atoms with Gasteiger partial charge in [-0.1, -0.05) is 6.92 Å². The van der Waals surface area contributed by atoms with E-state index in [0.717, 1.165) is 52.0 Å². The summed E-state index contributed by atoms with van der Waals surface area (Å²) >= 11 is 0. The summed E-state index contributed by atoms with van der Waals surface area (Å²) in [7, 11) is 2.24. The summed E-state index contributed by atoms with van der Waals surface area (Å²) in [5, 5.41) is 3.64. The summed E-state index contributed by atoms with van der Waals surface area (Å²) in [5.41, 5.74) is 0. The summed E-state index contributed by atoms with van der Waals surface area (Å²) in [5.74, 6) is 1.41. The van der Waals surface area contributed by atoms with Crippen molar-refractivity contribution in [2.24, 2.45) is 11.8 Å². The fraction of sp³-hybridized carbons (Fsp3) is 1.00. The Balaban J connectivity index is 1.74. The zero-order valence-electron chi connectivity index (χ0n) is 12.6. The Morgan fingerprint density at radius 2 is 2.05 bits per heavy atom. The summed E-state index contributed by atoms with van der Waals surface area (Å²) in [6, 6.07) is 0.571. The molecule has 2 rings (SSSR count). The van der Waals surface area contributed by atoms with Crippen LogP contribution in [-0.2, 0) is 9.47 Å². The van der Waals surface area contributed by atoms with Gasteiger partial charge in [0.1, 0.15) is 0 Å². The van der Waals surface area contributed by atoms with Crippen LogP contribution in [0.2, 0.25) is 0 Å². The van der Waals surface area contributed by atoms with Crippen LogP contribution >= 0.6 is 0 Å². The molecule has 0 aromatic carbocycles. The molecule has 1 N–H and O–H groups in total. The van der Waals surface area contributed by atoms with Crippen LogP contribution in [0, 0.1) is 11.8 Å². The first kappa shape index (κ1) is 15.2. The molecular formula is C15H30N2O2. The molecule has 19 heavy (non-hydrogen) atoms. The smallest absolute Gasteiger partial charge is 0.0510 e. The molecule has 4 nitrogen and oxygen atoms in total. The van der Waals surface area contributed by atoms with Gasteiger partial charge in [0.2, 0.25) is 0 Å². The summed E-state index contributed by atoms with van der Waals surface area (Å²) < 4.78 is 11.1. The van der Waals surface area contributed by atoms with Crippen LogP contribution < -0.4 is 5.32 Å². The Kier molecular flexibility index (Phi) is 6.57. The third-order valence-corrected chi connectivity index (χ3v) is 4.33. The zero-order valence-corrected chi connectivity index (χ0v) is 12.6. The summed E-state index contributed by atoms with van der Waals surface area (Å²) in [6.45, 7) is 9.29. The molecule has 2 aliphatic rings. The van der Waals surface area contributed by atoms with Crippen LogP contribution in [0.25, 0.3) is 0 Å². The molecule has 0 spiro atoms. The highest BCUT2D eigenvalue weighted by Crippen LogP contribution is 2.19. The average molecular weight is 270 g/mol. The van der Waals surface area contributed by atoms with Crippen molar-refractivity contribution in [3.63, 3.8) is 0 Å². The highest BCUT2D eigenvalue weighted by Gasteiger charge is 2.26. The average Bonchev–Trinajstić information content (AvgIpc) is 2.93. The molecule has 2 heterocycles. The van der Waals surface area contributed by atoms with Gasteiger partial charge in [-0.25, -0.2) is 0 Å². The van der Waals surface area contributed by atoms with Gasteiger partial charge in [0.05, 0.1) is 13.2 Å². The van der Waals surface area contributed by atoms with Gasteiger partial charge < -0.3 is 19.7 Å². The van der Waals surface area contributed by atoms with E-state index in [-0.39, 0.29) is 0 Å². The monoisotopic (exact) mass is 270 g/mol. The Morgan fingerprint density at radius 3 is 2.68 bits per heavy atom. The second-order valence-corrected chi connectivity index (χ2v) is 6.09. The largest absolute Gasteiger partial charge is 0.381 e. The maximum atomic E-state index is 5.57. The first-order valence-corrected chi connectivity index (χ1v) is 7.87. The van der Waals surface area contributed by atoms with E-state index < -0.39 is 0 Å². The lowest BCUT2D eigenvalue weighted by Gasteiger charge is -2.32. The lowest BCUT2D eigenvalue weighted by Crippen LogP contribution is -2.46. The number of nitrogens with one attached hydrogen (secondary N) is 1. The molecule has 0 aliphatic carbocycles. The fourth-order valence-corrected chi connectivity index (χ4v) is 3.32. The van der Waals surface area contributed by atoms with Crippen LogP contribution in [0.1, 0.15) is 26.2 Å². The SMILES string of the molecule is CCNC(CN(C)CC1CCCOC1)C1CCOC1. The van der Waals surface area contributed by atoms with Crippen molar-refractivity contribution < 1.29 is 9.47 Å². The number of hydrogen-bond acceptors (Lipinski definition) is 4. The van der Waals surface area contributed by atoms with Crippen molar-refractivity contribution in [1.29, 1.82) is 0 Å². The molecule has 3 unspecified atom stereocenters. The topological polar surface area (TPSA) is 33.7 Å². The van der Waals surface area contributed by atoms with Gasteiger partial charge in [-0.3, -0.25) is 0 Å². The van der Waals surface area contributed by atoms with Gasteiger partial charge in [-0.2, -0.15) is 0 Å². The Morgan fingerprint density at radius 1 is 1.21 bits per heavy atom. The number of likely N-dealkylation sites (N-methyl/N-ethyl adjacent to an activating group) is 2. The fourth-order valence-electron chi connectivity index (χ4n) is 3.32. The molecule has 2 aliphatic heterocycles. The van der Waals surface area contributed by atoms with E-state index >= 15 is 0 Å². The third kappa shape index (κ3) is 5.03. The predicted molar refractivity (Wildman–Crippen MR) is 77.4 cm³/mol. The van der Waals surface area contributed by atoms with E-state index in [1.165, 1.54) is 19.3 Å². The molecule has 0 aromatic rings. The molecule has 2 fully saturated rings. The molecule has 0 saturated carbocycles. The first-order chi connectivity index (χ1) is 9.29. The van der Waals surface area contributed by atoms with Crippen LogP contribution in [0.3, 0.4) is 0 Å². The molecule has 0 radical (unpaired) electrons. The van der Waals surface area contributed by atoms with Gasteiger partial charge in [-0.05, 0) is 38.8 Å². The second kappa shape index (κ2) is 8.20. The maximum absolute atomic E-state index is 5.57. The highest BCUT2D eigenvalue weighted by molar-refractivity contribution is 4.82. The molecule has 4 heteroatoms. The standard InChI is InChI=1S/C15H30N2O2/c1-3-16-15(14-6-8-19-12-14)10-17(2)9-13-5-4-7-18-11-13/h13-16H,3-12H2,1-2H3. The van der Waals surface area contributed by atoms with Crippen molar-refractivity contribution in [2.75, 3.05) is 53.1 Å². The summed E-state index contributed by atoms with van der Waals surface area (Å²) in [6.07, 6.45) is 3.76. The third-order valence-electron chi connectivity index (χ3n) is 4.33. The minimum absolute atomic E-state index is 0.571. The number of rotatable bonds is 7. The van der Waals surface area contributed by atoms with Gasteiger partial charge in [-0.15, -0.1) is 0 Å².